The van der Waals surface area contributed by atoms with Crippen molar-refractivity contribution in [1.29, 1.82) is 0 Å². The summed E-state index contributed by atoms with van der Waals surface area (Å²) >= 11 is 0. The Morgan fingerprint density at radius 2 is 1.95 bits per heavy atom. The number of nitro groups is 1. The van der Waals surface area contributed by atoms with Crippen molar-refractivity contribution in [1.82, 2.24) is 0 Å². The van der Waals surface area contributed by atoms with Gasteiger partial charge < -0.3 is 9.52 Å². The fourth-order valence-corrected chi connectivity index (χ4v) is 2.30. The van der Waals surface area contributed by atoms with Gasteiger partial charge in [0.1, 0.15) is 17.1 Å². The maximum atomic E-state index is 11.6. The molecule has 3 rings (SSSR count). The van der Waals surface area contributed by atoms with Gasteiger partial charge >= 0.3 is 0 Å². The van der Waals surface area contributed by atoms with Gasteiger partial charge in [-0.25, -0.2) is 0 Å². The van der Waals surface area contributed by atoms with Crippen molar-refractivity contribution in [3.05, 3.63) is 58.1 Å². The summed E-state index contributed by atoms with van der Waals surface area (Å²) in [5, 5.41) is 21.1. The largest absolute Gasteiger partial charge is 0.508 e. The molecular weight excluding hydrogens is 286 g/mol. The van der Waals surface area contributed by atoms with E-state index >= 15 is 0 Å². The third-order valence-electron chi connectivity index (χ3n) is 3.36. The number of ketones is 1. The van der Waals surface area contributed by atoms with E-state index < -0.39 is 4.92 Å². The van der Waals surface area contributed by atoms with E-state index in [-0.39, 0.29) is 22.8 Å². The number of nitro benzene ring substituents is 1. The first-order valence-electron chi connectivity index (χ1n) is 6.48. The molecule has 0 spiro atoms. The quantitative estimate of drug-likeness (QED) is 0.449. The van der Waals surface area contributed by atoms with Gasteiger partial charge in [0.2, 0.25) is 0 Å². The molecule has 110 valence electrons. The third-order valence-corrected chi connectivity index (χ3v) is 3.36. The molecule has 6 nitrogen and oxygen atoms in total. The summed E-state index contributed by atoms with van der Waals surface area (Å²) in [6, 6.07) is 10.7. The third kappa shape index (κ3) is 2.31. The van der Waals surface area contributed by atoms with Crippen molar-refractivity contribution in [2.45, 2.75) is 6.92 Å². The molecule has 0 atom stereocenters. The maximum absolute atomic E-state index is 11.6. The highest BCUT2D eigenvalue weighted by Gasteiger charge is 2.19. The molecular formula is C16H11NO5. The van der Waals surface area contributed by atoms with Crippen molar-refractivity contribution in [2.24, 2.45) is 0 Å². The summed E-state index contributed by atoms with van der Waals surface area (Å²) in [5.41, 5.74) is 0.942. The van der Waals surface area contributed by atoms with Gasteiger partial charge in [0, 0.05) is 17.0 Å². The van der Waals surface area contributed by atoms with Crippen LogP contribution in [0.3, 0.4) is 0 Å². The number of fused-ring (bicyclic) bond motifs is 1. The van der Waals surface area contributed by atoms with Crippen molar-refractivity contribution in [3.8, 4) is 17.1 Å². The highest BCUT2D eigenvalue weighted by molar-refractivity contribution is 5.99. The molecule has 0 bridgehead atoms. The molecule has 2 aromatic carbocycles. The van der Waals surface area contributed by atoms with Crippen molar-refractivity contribution in [3.63, 3.8) is 0 Å². The van der Waals surface area contributed by atoms with E-state index in [9.17, 15) is 20.0 Å². The maximum Gasteiger partial charge on any atom is 0.280 e. The molecule has 0 saturated carbocycles. The van der Waals surface area contributed by atoms with Crippen LogP contribution in [0.5, 0.6) is 5.75 Å². The normalized spacial score (nSPS) is 10.8. The van der Waals surface area contributed by atoms with Gasteiger partial charge in [0.15, 0.2) is 5.78 Å². The number of benzene rings is 2. The number of nitrogens with zero attached hydrogens (tertiary/aromatic N) is 1. The molecule has 0 fully saturated rings. The Morgan fingerprint density at radius 3 is 2.64 bits per heavy atom. The molecule has 0 unspecified atom stereocenters. The molecule has 22 heavy (non-hydrogen) atoms. The second-order valence-electron chi connectivity index (χ2n) is 4.88. The molecule has 0 aliphatic carbocycles. The predicted molar refractivity (Wildman–Crippen MR) is 80.0 cm³/mol. The van der Waals surface area contributed by atoms with Gasteiger partial charge in [-0.2, -0.15) is 0 Å². The second kappa shape index (κ2) is 5.00. The van der Waals surface area contributed by atoms with E-state index in [0.717, 1.165) is 0 Å². The lowest BCUT2D eigenvalue weighted by atomic mass is 10.0. The van der Waals surface area contributed by atoms with Gasteiger partial charge in [0.25, 0.3) is 5.69 Å². The Balaban J connectivity index is 2.16. The van der Waals surface area contributed by atoms with Crippen LogP contribution in [-0.4, -0.2) is 15.8 Å². The second-order valence-corrected chi connectivity index (χ2v) is 4.88. The number of Topliss-reactive ketones (excluding diaryl/α,β-unsaturated/α-hetero) is 1. The van der Waals surface area contributed by atoms with Crippen LogP contribution in [0.1, 0.15) is 17.3 Å². The lowest BCUT2D eigenvalue weighted by Gasteiger charge is -2.02. The lowest BCUT2D eigenvalue weighted by molar-refractivity contribution is -0.385. The van der Waals surface area contributed by atoms with Gasteiger partial charge in [-0.3, -0.25) is 14.9 Å². The number of hydrogen-bond donors (Lipinski definition) is 1. The predicted octanol–water partition coefficient (Wildman–Crippen LogP) is 3.92. The zero-order chi connectivity index (χ0) is 15.9. The Bertz CT molecular complexity index is 910. The zero-order valence-electron chi connectivity index (χ0n) is 11.6. The van der Waals surface area contributed by atoms with Gasteiger partial charge in [-0.15, -0.1) is 0 Å². The van der Waals surface area contributed by atoms with Crippen LogP contribution in [0, 0.1) is 10.1 Å². The fourth-order valence-electron chi connectivity index (χ4n) is 2.30. The fraction of sp³-hybridized carbons (Fsp3) is 0.0625. The average molecular weight is 297 g/mol. The number of hydrogen-bond acceptors (Lipinski definition) is 5. The summed E-state index contributed by atoms with van der Waals surface area (Å²) in [7, 11) is 0. The minimum Gasteiger partial charge on any atom is -0.508 e. The number of furan rings is 1. The Kier molecular flexibility index (Phi) is 3.14. The van der Waals surface area contributed by atoms with Gasteiger partial charge in [-0.1, -0.05) is 0 Å². The summed E-state index contributed by atoms with van der Waals surface area (Å²) in [6.07, 6.45) is 0. The number of phenolic OH excluding ortho intramolecular Hbond substituents is 1. The van der Waals surface area contributed by atoms with Gasteiger partial charge in [-0.05, 0) is 43.3 Å². The minimum atomic E-state index is -0.586. The van der Waals surface area contributed by atoms with E-state index in [1.807, 2.05) is 0 Å². The number of carbonyl (C=O) groups excluding carboxylic acids is 1. The number of phenols is 1. The van der Waals surface area contributed by atoms with Crippen LogP contribution < -0.4 is 0 Å². The van der Waals surface area contributed by atoms with Gasteiger partial charge in [0.05, 0.1) is 10.5 Å². The highest BCUT2D eigenvalue weighted by atomic mass is 16.6. The van der Waals surface area contributed by atoms with Crippen LogP contribution >= 0.6 is 0 Å². The lowest BCUT2D eigenvalue weighted by Crippen LogP contribution is -2.00. The topological polar surface area (TPSA) is 93.6 Å². The van der Waals surface area contributed by atoms with Crippen LogP contribution in [0.2, 0.25) is 0 Å². The molecule has 0 aliphatic heterocycles. The average Bonchev–Trinajstić information content (AvgIpc) is 2.89. The van der Waals surface area contributed by atoms with Crippen LogP contribution in [0.25, 0.3) is 22.3 Å². The van der Waals surface area contributed by atoms with Crippen molar-refractivity contribution < 1.29 is 19.2 Å². The zero-order valence-corrected chi connectivity index (χ0v) is 11.6. The molecule has 0 aliphatic rings. The smallest absolute Gasteiger partial charge is 0.280 e. The van der Waals surface area contributed by atoms with E-state index in [4.69, 9.17) is 4.42 Å². The first-order chi connectivity index (χ1) is 10.5. The highest BCUT2D eigenvalue weighted by Crippen LogP contribution is 2.32. The molecule has 3 aromatic rings. The first kappa shape index (κ1) is 13.8. The van der Waals surface area contributed by atoms with Crippen molar-refractivity contribution >= 4 is 22.4 Å². The van der Waals surface area contributed by atoms with E-state index in [0.29, 0.717) is 22.3 Å². The Hall–Kier alpha value is -3.15. The number of rotatable bonds is 3. The summed E-state index contributed by atoms with van der Waals surface area (Å²) < 4.78 is 5.65. The minimum absolute atomic E-state index is 0.0332. The molecule has 0 saturated heterocycles. The van der Waals surface area contributed by atoms with E-state index in [1.165, 1.54) is 31.2 Å². The Labute approximate surface area is 124 Å². The van der Waals surface area contributed by atoms with Crippen LogP contribution in [-0.2, 0) is 0 Å². The molecule has 0 radical (unpaired) electrons. The van der Waals surface area contributed by atoms with Crippen LogP contribution in [0.4, 0.5) is 5.69 Å². The monoisotopic (exact) mass is 297 g/mol. The standard InChI is InChI=1S/C16H11NO5/c1-9(18)13-7-10(2-4-14(13)17(20)21)16-8-11-6-12(19)3-5-15(11)22-16/h2-8,19H,1H3. The van der Waals surface area contributed by atoms with E-state index in [1.54, 1.807) is 18.2 Å². The SMILES string of the molecule is CC(=O)c1cc(-c2cc3cc(O)ccc3o2)ccc1[N+](=O)[O-]. The summed E-state index contributed by atoms with van der Waals surface area (Å²) in [5.74, 6) is 0.202. The molecule has 1 heterocycles. The number of carbonyl (C=O) groups is 1. The Morgan fingerprint density at radius 1 is 1.18 bits per heavy atom. The van der Waals surface area contributed by atoms with Crippen molar-refractivity contribution in [2.75, 3.05) is 0 Å². The molecule has 0 amide bonds. The summed E-state index contributed by atoms with van der Waals surface area (Å²) in [6.45, 7) is 1.28. The number of aromatic hydroxyl groups is 1. The molecule has 6 heteroatoms. The molecule has 1 N–H and O–H groups in total. The van der Waals surface area contributed by atoms with E-state index in [2.05, 4.69) is 0 Å². The summed E-state index contributed by atoms with van der Waals surface area (Å²) in [4.78, 5) is 22.0. The first-order valence-corrected chi connectivity index (χ1v) is 6.48. The molecule has 1 aromatic heterocycles. The van der Waals surface area contributed by atoms with Crippen LogP contribution in [0.15, 0.2) is 46.9 Å².